The van der Waals surface area contributed by atoms with Gasteiger partial charge in [-0.25, -0.2) is 12.8 Å². The van der Waals surface area contributed by atoms with Gasteiger partial charge in [0.05, 0.1) is 10.6 Å². The van der Waals surface area contributed by atoms with Crippen molar-refractivity contribution >= 4 is 21.6 Å². The largest absolute Gasteiger partial charge is 0.282 e. The van der Waals surface area contributed by atoms with Gasteiger partial charge in [-0.3, -0.25) is 5.10 Å². The van der Waals surface area contributed by atoms with Gasteiger partial charge in [0.15, 0.2) is 0 Å². The average molecular weight is 392 g/mol. The van der Waals surface area contributed by atoms with Crippen LogP contribution in [0.2, 0.25) is 5.02 Å². The molecule has 4 rings (SSSR count). The fraction of sp³-hybridized carbons (Fsp3) is 0.167. The van der Waals surface area contributed by atoms with E-state index in [-0.39, 0.29) is 11.4 Å². The van der Waals surface area contributed by atoms with E-state index in [4.69, 9.17) is 11.6 Å². The molecule has 0 amide bonds. The van der Waals surface area contributed by atoms with Crippen molar-refractivity contribution in [1.29, 1.82) is 0 Å². The Balaban J connectivity index is 1.69. The quantitative estimate of drug-likeness (QED) is 0.741. The maximum absolute atomic E-state index is 13.1. The number of nitrogens with one attached hydrogen (secondary N) is 1. The zero-order valence-electron chi connectivity index (χ0n) is 13.6. The van der Waals surface area contributed by atoms with Gasteiger partial charge >= 0.3 is 0 Å². The van der Waals surface area contributed by atoms with E-state index >= 15 is 0 Å². The summed E-state index contributed by atoms with van der Waals surface area (Å²) in [5.74, 6) is -0.469. The molecule has 26 heavy (non-hydrogen) atoms. The molecule has 1 aromatic heterocycles. The summed E-state index contributed by atoms with van der Waals surface area (Å²) < 4.78 is 40.3. The lowest BCUT2D eigenvalue weighted by molar-refractivity contribution is 0.390. The molecule has 1 aliphatic heterocycles. The lowest BCUT2D eigenvalue weighted by atomic mass is 10.0. The molecule has 1 aliphatic rings. The first-order valence-electron chi connectivity index (χ1n) is 8.03. The van der Waals surface area contributed by atoms with E-state index in [0.717, 1.165) is 29.0 Å². The second kappa shape index (κ2) is 6.50. The average Bonchev–Trinajstić information content (AvgIpc) is 3.05. The van der Waals surface area contributed by atoms with Crippen molar-refractivity contribution in [2.75, 3.05) is 6.54 Å². The summed E-state index contributed by atoms with van der Waals surface area (Å²) in [5, 5.41) is 7.94. The molecule has 0 bridgehead atoms. The van der Waals surface area contributed by atoms with Crippen LogP contribution in [0.4, 0.5) is 4.39 Å². The first kappa shape index (κ1) is 17.2. The maximum atomic E-state index is 13.1. The molecular weight excluding hydrogens is 377 g/mol. The first-order valence-corrected chi connectivity index (χ1v) is 9.85. The van der Waals surface area contributed by atoms with Crippen LogP contribution in [0.15, 0.2) is 53.4 Å². The minimum Gasteiger partial charge on any atom is -0.282 e. The molecule has 3 aromatic rings. The zero-order chi connectivity index (χ0) is 18.3. The molecule has 8 heteroatoms. The minimum absolute atomic E-state index is 0.0788. The monoisotopic (exact) mass is 391 g/mol. The Morgan fingerprint density at radius 2 is 1.92 bits per heavy atom. The highest BCUT2D eigenvalue weighted by Crippen LogP contribution is 2.31. The highest BCUT2D eigenvalue weighted by atomic mass is 35.5. The van der Waals surface area contributed by atoms with E-state index in [1.54, 1.807) is 12.1 Å². The van der Waals surface area contributed by atoms with Crippen molar-refractivity contribution in [2.24, 2.45) is 0 Å². The van der Waals surface area contributed by atoms with Crippen molar-refractivity contribution in [2.45, 2.75) is 17.9 Å². The number of hydrogen-bond acceptors (Lipinski definition) is 3. The Morgan fingerprint density at radius 1 is 1.15 bits per heavy atom. The Hall–Kier alpha value is -2.22. The third-order valence-corrected chi connectivity index (χ3v) is 6.54. The fourth-order valence-corrected chi connectivity index (χ4v) is 4.70. The summed E-state index contributed by atoms with van der Waals surface area (Å²) in [6, 6.07) is 12.2. The number of aromatic amines is 1. The molecule has 2 aromatic carbocycles. The Kier molecular flexibility index (Phi) is 4.30. The van der Waals surface area contributed by atoms with E-state index < -0.39 is 15.8 Å². The van der Waals surface area contributed by atoms with E-state index in [9.17, 15) is 12.8 Å². The van der Waals surface area contributed by atoms with Crippen LogP contribution in [0.5, 0.6) is 0 Å². The van der Waals surface area contributed by atoms with Crippen molar-refractivity contribution in [3.63, 3.8) is 0 Å². The number of hydrogen-bond donors (Lipinski definition) is 1. The number of nitrogens with zero attached hydrogens (tertiary/aromatic N) is 2. The van der Waals surface area contributed by atoms with Crippen LogP contribution in [0, 0.1) is 5.82 Å². The Bertz CT molecular complexity index is 1060. The fourth-order valence-electron chi connectivity index (χ4n) is 3.11. The highest BCUT2D eigenvalue weighted by Gasteiger charge is 2.31. The van der Waals surface area contributed by atoms with Crippen LogP contribution in [-0.4, -0.2) is 29.5 Å². The predicted octanol–water partition coefficient (Wildman–Crippen LogP) is 3.62. The first-order chi connectivity index (χ1) is 12.4. The number of benzene rings is 2. The molecule has 0 saturated carbocycles. The van der Waals surface area contributed by atoms with Gasteiger partial charge in [0.1, 0.15) is 5.82 Å². The van der Waals surface area contributed by atoms with Gasteiger partial charge in [0.25, 0.3) is 0 Å². The minimum atomic E-state index is -3.71. The van der Waals surface area contributed by atoms with Gasteiger partial charge in [-0.15, -0.1) is 0 Å². The van der Waals surface area contributed by atoms with E-state index in [2.05, 4.69) is 10.2 Å². The van der Waals surface area contributed by atoms with Crippen LogP contribution >= 0.6 is 11.6 Å². The molecule has 134 valence electrons. The molecule has 0 atom stereocenters. The van der Waals surface area contributed by atoms with Crippen LogP contribution in [0.3, 0.4) is 0 Å². The normalized spacial score (nSPS) is 15.0. The van der Waals surface area contributed by atoms with Crippen molar-refractivity contribution in [1.82, 2.24) is 14.5 Å². The third kappa shape index (κ3) is 3.02. The standard InChI is InChI=1S/C18H15ClFN3O2S/c19-13-3-1-2-12(10-13)18-16-11-23(9-8-17(16)21-22-18)26(24,25)15-6-4-14(20)5-7-15/h1-7,10H,8-9,11H2,(H,21,22). The SMILES string of the molecule is O=S(=O)(c1ccc(F)cc1)N1CCc2[nH]nc(-c3cccc(Cl)c3)c2C1. The molecule has 2 heterocycles. The molecule has 0 unspecified atom stereocenters. The summed E-state index contributed by atoms with van der Waals surface area (Å²) >= 11 is 6.06. The molecule has 1 N–H and O–H groups in total. The van der Waals surface area contributed by atoms with Crippen molar-refractivity contribution in [3.05, 3.63) is 70.6 Å². The number of rotatable bonds is 3. The summed E-state index contributed by atoms with van der Waals surface area (Å²) in [7, 11) is -3.71. The second-order valence-electron chi connectivity index (χ2n) is 6.08. The van der Waals surface area contributed by atoms with Gasteiger partial charge in [0.2, 0.25) is 10.0 Å². The van der Waals surface area contributed by atoms with Gasteiger partial charge in [-0.2, -0.15) is 9.40 Å². The number of H-pyrrole nitrogens is 1. The molecule has 5 nitrogen and oxygen atoms in total. The third-order valence-electron chi connectivity index (χ3n) is 4.45. The predicted molar refractivity (Wildman–Crippen MR) is 96.7 cm³/mol. The molecular formula is C18H15ClFN3O2S. The zero-order valence-corrected chi connectivity index (χ0v) is 15.2. The van der Waals surface area contributed by atoms with Crippen LogP contribution in [-0.2, 0) is 23.0 Å². The smallest absolute Gasteiger partial charge is 0.243 e. The Labute approximate surface area is 155 Å². The molecule has 0 saturated heterocycles. The van der Waals surface area contributed by atoms with E-state index in [1.165, 1.54) is 16.4 Å². The van der Waals surface area contributed by atoms with Crippen LogP contribution in [0.1, 0.15) is 11.3 Å². The number of aromatic nitrogens is 2. The van der Waals surface area contributed by atoms with Crippen LogP contribution in [0.25, 0.3) is 11.3 Å². The van der Waals surface area contributed by atoms with E-state index in [0.29, 0.717) is 23.7 Å². The summed E-state index contributed by atoms with van der Waals surface area (Å²) in [6.45, 7) is 0.539. The van der Waals surface area contributed by atoms with Gasteiger partial charge in [0, 0.05) is 41.4 Å². The van der Waals surface area contributed by atoms with Crippen molar-refractivity contribution in [3.8, 4) is 11.3 Å². The van der Waals surface area contributed by atoms with Gasteiger partial charge in [-0.05, 0) is 36.4 Å². The number of fused-ring (bicyclic) bond motifs is 1. The lowest BCUT2D eigenvalue weighted by Crippen LogP contribution is -2.35. The summed E-state index contributed by atoms with van der Waals surface area (Å²) in [4.78, 5) is 0.0788. The number of sulfonamides is 1. The molecule has 0 fully saturated rings. The summed E-state index contributed by atoms with van der Waals surface area (Å²) in [5.41, 5.74) is 3.28. The molecule has 0 aliphatic carbocycles. The maximum Gasteiger partial charge on any atom is 0.243 e. The second-order valence-corrected chi connectivity index (χ2v) is 8.46. The van der Waals surface area contributed by atoms with Crippen molar-refractivity contribution < 1.29 is 12.8 Å². The van der Waals surface area contributed by atoms with E-state index in [1.807, 2.05) is 12.1 Å². The van der Waals surface area contributed by atoms with Gasteiger partial charge in [-0.1, -0.05) is 23.7 Å². The van der Waals surface area contributed by atoms with Gasteiger partial charge < -0.3 is 0 Å². The molecule has 0 radical (unpaired) electrons. The van der Waals surface area contributed by atoms with Crippen LogP contribution < -0.4 is 0 Å². The Morgan fingerprint density at radius 3 is 2.65 bits per heavy atom. The molecule has 0 spiro atoms. The lowest BCUT2D eigenvalue weighted by Gasteiger charge is -2.26. The number of halogens is 2. The summed E-state index contributed by atoms with van der Waals surface area (Å²) in [6.07, 6.45) is 0.531. The topological polar surface area (TPSA) is 66.1 Å². The highest BCUT2D eigenvalue weighted by molar-refractivity contribution is 7.89.